The van der Waals surface area contributed by atoms with Gasteiger partial charge in [-0.15, -0.1) is 0 Å². The zero-order chi connectivity index (χ0) is 34.1. The zero-order valence-electron chi connectivity index (χ0n) is 28.6. The SMILES string of the molecule is CCCCOC(=O)CCN(CCCCO)CCC(=O)OCCCCCCOC(=O)CCN(CCCCO)CCC(=O)OCCOC. The Morgan fingerprint density at radius 1 is 0.457 bits per heavy atom. The van der Waals surface area contributed by atoms with Gasteiger partial charge in [-0.2, -0.15) is 0 Å². The first kappa shape index (κ1) is 43.7. The molecule has 0 aliphatic rings. The molecule has 2 N–H and O–H groups in total. The van der Waals surface area contributed by atoms with Crippen LogP contribution in [0.4, 0.5) is 0 Å². The number of rotatable bonds is 33. The van der Waals surface area contributed by atoms with Gasteiger partial charge in [-0.25, -0.2) is 0 Å². The van der Waals surface area contributed by atoms with Gasteiger partial charge in [0, 0.05) is 46.5 Å². The summed E-state index contributed by atoms with van der Waals surface area (Å²) < 4.78 is 25.9. The van der Waals surface area contributed by atoms with Gasteiger partial charge in [-0.1, -0.05) is 13.3 Å². The first-order valence-corrected chi connectivity index (χ1v) is 17.1. The number of hydrogen-bond acceptors (Lipinski definition) is 13. The molecule has 0 radical (unpaired) electrons. The van der Waals surface area contributed by atoms with Crippen molar-refractivity contribution in [3.05, 3.63) is 0 Å². The molecule has 13 heteroatoms. The van der Waals surface area contributed by atoms with E-state index in [1.807, 2.05) is 16.7 Å². The number of carbonyl (C=O) groups excluding carboxylic acids is 4. The average molecular weight is 663 g/mol. The summed E-state index contributed by atoms with van der Waals surface area (Å²) >= 11 is 0. The summed E-state index contributed by atoms with van der Waals surface area (Å²) in [5.41, 5.74) is 0. The molecule has 0 spiro atoms. The fourth-order valence-electron chi connectivity index (χ4n) is 4.35. The first-order chi connectivity index (χ1) is 22.4. The quantitative estimate of drug-likeness (QED) is 0.0600. The Morgan fingerprint density at radius 2 is 0.826 bits per heavy atom. The molecule has 0 aromatic heterocycles. The van der Waals surface area contributed by atoms with Gasteiger partial charge in [0.2, 0.25) is 0 Å². The Bertz CT molecular complexity index is 708. The molecule has 0 saturated carbocycles. The van der Waals surface area contributed by atoms with Crippen molar-refractivity contribution in [1.82, 2.24) is 9.80 Å². The van der Waals surface area contributed by atoms with Crippen molar-refractivity contribution in [2.24, 2.45) is 0 Å². The highest BCUT2D eigenvalue weighted by Gasteiger charge is 2.14. The summed E-state index contributed by atoms with van der Waals surface area (Å²) in [5.74, 6) is -1.12. The molecule has 0 aromatic carbocycles. The van der Waals surface area contributed by atoms with E-state index in [2.05, 4.69) is 0 Å². The second-order valence-electron chi connectivity index (χ2n) is 11.2. The van der Waals surface area contributed by atoms with Gasteiger partial charge in [-0.3, -0.25) is 19.2 Å². The van der Waals surface area contributed by atoms with Gasteiger partial charge in [-0.05, 0) is 70.9 Å². The third-order valence-electron chi connectivity index (χ3n) is 7.17. The highest BCUT2D eigenvalue weighted by atomic mass is 16.6. The third kappa shape index (κ3) is 29.1. The minimum Gasteiger partial charge on any atom is -0.466 e. The van der Waals surface area contributed by atoms with E-state index in [1.165, 1.54) is 7.11 Å². The van der Waals surface area contributed by atoms with E-state index in [0.717, 1.165) is 51.4 Å². The molecular weight excluding hydrogens is 600 g/mol. The second-order valence-corrected chi connectivity index (χ2v) is 11.2. The lowest BCUT2D eigenvalue weighted by atomic mass is 10.2. The van der Waals surface area contributed by atoms with Crippen LogP contribution in [-0.2, 0) is 42.9 Å². The van der Waals surface area contributed by atoms with Crippen molar-refractivity contribution in [2.45, 2.75) is 96.8 Å². The van der Waals surface area contributed by atoms with Crippen LogP contribution in [0.3, 0.4) is 0 Å². The Hall–Kier alpha value is -2.32. The summed E-state index contributed by atoms with van der Waals surface area (Å²) in [6.07, 6.45) is 8.74. The minimum absolute atomic E-state index is 0.1000. The summed E-state index contributed by atoms with van der Waals surface area (Å²) in [7, 11) is 1.54. The fourth-order valence-corrected chi connectivity index (χ4v) is 4.35. The zero-order valence-corrected chi connectivity index (χ0v) is 28.6. The lowest BCUT2D eigenvalue weighted by Gasteiger charge is -2.21. The summed E-state index contributed by atoms with van der Waals surface area (Å²) in [5, 5.41) is 18.1. The van der Waals surface area contributed by atoms with Crippen LogP contribution in [-0.4, -0.2) is 137 Å². The summed E-state index contributed by atoms with van der Waals surface area (Å²) in [4.78, 5) is 52.3. The molecule has 0 rings (SSSR count). The molecule has 0 bridgehead atoms. The van der Waals surface area contributed by atoms with Crippen LogP contribution in [0.25, 0.3) is 0 Å². The van der Waals surface area contributed by atoms with Crippen LogP contribution in [0.1, 0.15) is 96.8 Å². The molecule has 0 aromatic rings. The third-order valence-corrected chi connectivity index (χ3v) is 7.17. The number of hydrogen-bond donors (Lipinski definition) is 2. The number of unbranched alkanes of at least 4 members (excludes halogenated alkanes) is 6. The van der Waals surface area contributed by atoms with E-state index in [9.17, 15) is 19.2 Å². The summed E-state index contributed by atoms with van der Waals surface area (Å²) in [6.45, 7) is 7.18. The standard InChI is InChI=1S/C33H62N2O11/c1-3-4-25-43-30(38)13-19-34(17-7-9-23-36)20-14-31(39)44-26-11-5-6-12-27-45-32(40)15-21-35(18-8-10-24-37)22-16-33(41)46-29-28-42-2/h36-37H,3-29H2,1-2H3. The second kappa shape index (κ2) is 32.6. The van der Waals surface area contributed by atoms with Crippen LogP contribution in [0, 0.1) is 0 Å². The van der Waals surface area contributed by atoms with Crippen molar-refractivity contribution in [3.63, 3.8) is 0 Å². The molecule has 270 valence electrons. The smallest absolute Gasteiger partial charge is 0.307 e. The minimum atomic E-state index is -0.313. The van der Waals surface area contributed by atoms with Crippen LogP contribution < -0.4 is 0 Å². The predicted octanol–water partition coefficient (Wildman–Crippen LogP) is 2.88. The molecule has 0 aliphatic heterocycles. The topological polar surface area (TPSA) is 161 Å². The molecule has 0 heterocycles. The van der Waals surface area contributed by atoms with E-state index in [1.54, 1.807) is 0 Å². The van der Waals surface area contributed by atoms with Gasteiger partial charge < -0.3 is 43.7 Å². The van der Waals surface area contributed by atoms with Crippen molar-refractivity contribution in [2.75, 3.05) is 92.6 Å². The molecule has 13 nitrogen and oxygen atoms in total. The van der Waals surface area contributed by atoms with Gasteiger partial charge in [0.25, 0.3) is 0 Å². The van der Waals surface area contributed by atoms with Crippen LogP contribution >= 0.6 is 0 Å². The van der Waals surface area contributed by atoms with E-state index < -0.39 is 0 Å². The Morgan fingerprint density at radius 3 is 1.17 bits per heavy atom. The molecule has 0 fully saturated rings. The highest BCUT2D eigenvalue weighted by Crippen LogP contribution is 2.06. The highest BCUT2D eigenvalue weighted by molar-refractivity contribution is 5.71. The van der Waals surface area contributed by atoms with E-state index in [0.29, 0.717) is 78.5 Å². The number of ether oxygens (including phenoxy) is 5. The maximum atomic E-state index is 12.2. The van der Waals surface area contributed by atoms with Crippen molar-refractivity contribution in [1.29, 1.82) is 0 Å². The number of carbonyl (C=O) groups is 4. The van der Waals surface area contributed by atoms with Gasteiger partial charge >= 0.3 is 23.9 Å². The molecule has 0 atom stereocenters. The van der Waals surface area contributed by atoms with E-state index >= 15 is 0 Å². The number of methoxy groups -OCH3 is 1. The molecule has 0 unspecified atom stereocenters. The monoisotopic (exact) mass is 662 g/mol. The van der Waals surface area contributed by atoms with Gasteiger partial charge in [0.15, 0.2) is 0 Å². The summed E-state index contributed by atoms with van der Waals surface area (Å²) in [6, 6.07) is 0. The largest absolute Gasteiger partial charge is 0.466 e. The number of esters is 4. The number of nitrogens with zero attached hydrogens (tertiary/aromatic N) is 2. The van der Waals surface area contributed by atoms with Crippen LogP contribution in [0.2, 0.25) is 0 Å². The van der Waals surface area contributed by atoms with Crippen LogP contribution in [0.5, 0.6) is 0 Å². The van der Waals surface area contributed by atoms with Crippen molar-refractivity contribution < 1.29 is 53.1 Å². The predicted molar refractivity (Wildman–Crippen MR) is 173 cm³/mol. The number of aliphatic hydroxyl groups is 2. The van der Waals surface area contributed by atoms with Crippen molar-refractivity contribution in [3.8, 4) is 0 Å². The maximum Gasteiger partial charge on any atom is 0.307 e. The average Bonchev–Trinajstić information content (AvgIpc) is 3.04. The normalized spacial score (nSPS) is 11.2. The van der Waals surface area contributed by atoms with E-state index in [4.69, 9.17) is 33.9 Å². The fraction of sp³-hybridized carbons (Fsp3) is 0.879. The molecule has 46 heavy (non-hydrogen) atoms. The molecule has 0 aliphatic carbocycles. The Kier molecular flexibility index (Phi) is 31.0. The molecule has 0 amide bonds. The molecule has 0 saturated heterocycles. The van der Waals surface area contributed by atoms with Crippen molar-refractivity contribution >= 4 is 23.9 Å². The first-order valence-electron chi connectivity index (χ1n) is 17.1. The Labute approximate surface area is 276 Å². The van der Waals surface area contributed by atoms with Gasteiger partial charge in [0.1, 0.15) is 6.61 Å². The van der Waals surface area contributed by atoms with Crippen LogP contribution in [0.15, 0.2) is 0 Å². The lowest BCUT2D eigenvalue weighted by molar-refractivity contribution is -0.146. The molecular formula is C33H62N2O11. The Balaban J connectivity index is 4.09. The number of aliphatic hydroxyl groups excluding tert-OH is 2. The van der Waals surface area contributed by atoms with Gasteiger partial charge in [0.05, 0.1) is 52.1 Å². The van der Waals surface area contributed by atoms with E-state index in [-0.39, 0.29) is 69.4 Å². The maximum absolute atomic E-state index is 12.2. The lowest BCUT2D eigenvalue weighted by Crippen LogP contribution is -2.31.